The minimum absolute atomic E-state index is 0.344. The first-order valence-corrected chi connectivity index (χ1v) is 9.09. The molecule has 1 saturated heterocycles. The highest BCUT2D eigenvalue weighted by molar-refractivity contribution is 8.00. The molecule has 0 aromatic carbocycles. The van der Waals surface area contributed by atoms with Gasteiger partial charge in [-0.1, -0.05) is 0 Å². The predicted octanol–water partition coefficient (Wildman–Crippen LogP) is 2.16. The molecule has 1 aromatic heterocycles. The molecule has 118 valence electrons. The number of aromatic nitrogens is 1. The van der Waals surface area contributed by atoms with E-state index in [4.69, 9.17) is 0 Å². The molecule has 0 radical (unpaired) electrons. The highest BCUT2D eigenvalue weighted by Crippen LogP contribution is 2.36. The molecule has 0 aliphatic carbocycles. The first kappa shape index (κ1) is 16.4. The van der Waals surface area contributed by atoms with Crippen molar-refractivity contribution in [3.05, 3.63) is 11.1 Å². The molecule has 1 aliphatic heterocycles. The van der Waals surface area contributed by atoms with Gasteiger partial charge in [0.15, 0.2) is 11.1 Å². The minimum atomic E-state index is 0.344. The highest BCUT2D eigenvalue weighted by Gasteiger charge is 2.29. The standard InChI is InChI=1S/C14H25N5S2/c1-14(6-5-7-21-14)10-17-12(15-2)16-8-11-9-20-13(18-11)19(3)4/h9H,5-8,10H2,1-4H3,(H2,15,16,17). The Hall–Kier alpha value is -0.950. The fourth-order valence-electron chi connectivity index (χ4n) is 2.22. The van der Waals surface area contributed by atoms with Gasteiger partial charge in [0.1, 0.15) is 0 Å². The van der Waals surface area contributed by atoms with Gasteiger partial charge in [-0.05, 0) is 25.5 Å². The van der Waals surface area contributed by atoms with Gasteiger partial charge in [0, 0.05) is 37.8 Å². The lowest BCUT2D eigenvalue weighted by molar-refractivity contribution is 0.584. The van der Waals surface area contributed by atoms with Crippen molar-refractivity contribution < 1.29 is 0 Å². The van der Waals surface area contributed by atoms with Crippen molar-refractivity contribution in [3.63, 3.8) is 0 Å². The fourth-order valence-corrected chi connectivity index (χ4v) is 4.23. The molecule has 1 aliphatic rings. The maximum Gasteiger partial charge on any atom is 0.191 e. The van der Waals surface area contributed by atoms with Crippen molar-refractivity contribution in [1.29, 1.82) is 0 Å². The van der Waals surface area contributed by atoms with Crippen LogP contribution in [0.25, 0.3) is 0 Å². The maximum atomic E-state index is 4.56. The first-order valence-electron chi connectivity index (χ1n) is 7.23. The number of nitrogens with zero attached hydrogens (tertiary/aromatic N) is 3. The van der Waals surface area contributed by atoms with E-state index in [1.807, 2.05) is 26.0 Å². The second-order valence-electron chi connectivity index (χ2n) is 5.70. The summed E-state index contributed by atoms with van der Waals surface area (Å²) in [6, 6.07) is 0. The fraction of sp³-hybridized carbons (Fsp3) is 0.714. The van der Waals surface area contributed by atoms with Gasteiger partial charge in [0.25, 0.3) is 0 Å². The minimum Gasteiger partial charge on any atom is -0.355 e. The zero-order valence-corrected chi connectivity index (χ0v) is 14.9. The van der Waals surface area contributed by atoms with Crippen LogP contribution in [-0.2, 0) is 6.54 Å². The number of thiazole rings is 1. The summed E-state index contributed by atoms with van der Waals surface area (Å²) >= 11 is 3.72. The van der Waals surface area contributed by atoms with Crippen molar-refractivity contribution in [2.24, 2.45) is 4.99 Å². The molecule has 1 atom stereocenters. The largest absolute Gasteiger partial charge is 0.355 e. The normalized spacial score (nSPS) is 22.4. The number of hydrogen-bond acceptors (Lipinski definition) is 5. The van der Waals surface area contributed by atoms with Crippen molar-refractivity contribution in [1.82, 2.24) is 15.6 Å². The van der Waals surface area contributed by atoms with Gasteiger partial charge < -0.3 is 15.5 Å². The summed E-state index contributed by atoms with van der Waals surface area (Å²) in [5, 5.41) is 9.89. The Morgan fingerprint density at radius 2 is 2.29 bits per heavy atom. The van der Waals surface area contributed by atoms with Crippen molar-refractivity contribution >= 4 is 34.2 Å². The molecule has 0 saturated carbocycles. The molecule has 2 rings (SSSR count). The second-order valence-corrected chi connectivity index (χ2v) is 8.22. The third kappa shape index (κ3) is 4.78. The zero-order chi connectivity index (χ0) is 15.3. The van der Waals surface area contributed by atoms with Crippen LogP contribution in [0.3, 0.4) is 0 Å². The average Bonchev–Trinajstić information content (AvgIpc) is 3.08. The predicted molar refractivity (Wildman–Crippen MR) is 94.7 cm³/mol. The molecule has 0 bridgehead atoms. The lowest BCUT2D eigenvalue weighted by atomic mass is 10.1. The molecule has 1 aromatic rings. The molecule has 2 heterocycles. The van der Waals surface area contributed by atoms with Gasteiger partial charge in [0.05, 0.1) is 12.2 Å². The highest BCUT2D eigenvalue weighted by atomic mass is 32.2. The second kappa shape index (κ2) is 7.35. The molecule has 5 nitrogen and oxygen atoms in total. The van der Waals surface area contributed by atoms with E-state index in [9.17, 15) is 0 Å². The van der Waals surface area contributed by atoms with Gasteiger partial charge >= 0.3 is 0 Å². The van der Waals surface area contributed by atoms with Crippen LogP contribution in [0.4, 0.5) is 5.13 Å². The number of aliphatic imine (C=N–C) groups is 1. The maximum absolute atomic E-state index is 4.56. The number of rotatable bonds is 5. The number of guanidine groups is 1. The van der Waals surface area contributed by atoms with E-state index in [2.05, 4.69) is 44.7 Å². The van der Waals surface area contributed by atoms with E-state index in [1.54, 1.807) is 11.3 Å². The molecular formula is C14H25N5S2. The van der Waals surface area contributed by atoms with Gasteiger partial charge in [-0.15, -0.1) is 11.3 Å². The van der Waals surface area contributed by atoms with Crippen molar-refractivity contribution in [2.45, 2.75) is 31.1 Å². The molecule has 2 N–H and O–H groups in total. The van der Waals surface area contributed by atoms with Crippen LogP contribution in [0.1, 0.15) is 25.5 Å². The van der Waals surface area contributed by atoms with Crippen LogP contribution in [0.2, 0.25) is 0 Å². The average molecular weight is 328 g/mol. The Morgan fingerprint density at radius 1 is 1.48 bits per heavy atom. The summed E-state index contributed by atoms with van der Waals surface area (Å²) in [4.78, 5) is 10.9. The summed E-state index contributed by atoms with van der Waals surface area (Å²) in [5.41, 5.74) is 1.05. The van der Waals surface area contributed by atoms with Crippen LogP contribution in [0.5, 0.6) is 0 Å². The van der Waals surface area contributed by atoms with Gasteiger partial charge in [0.2, 0.25) is 0 Å². The smallest absolute Gasteiger partial charge is 0.191 e. The van der Waals surface area contributed by atoms with Crippen LogP contribution >= 0.6 is 23.1 Å². The number of nitrogens with one attached hydrogen (secondary N) is 2. The monoisotopic (exact) mass is 327 g/mol. The van der Waals surface area contributed by atoms with Gasteiger partial charge in [-0.2, -0.15) is 11.8 Å². The van der Waals surface area contributed by atoms with E-state index in [0.29, 0.717) is 11.3 Å². The molecule has 7 heteroatoms. The lowest BCUT2D eigenvalue weighted by Crippen LogP contribution is -2.43. The van der Waals surface area contributed by atoms with Crippen molar-refractivity contribution in [2.75, 3.05) is 38.3 Å². The molecule has 1 fully saturated rings. The number of anilines is 1. The SMILES string of the molecule is CN=C(NCc1csc(N(C)C)n1)NCC1(C)CCCS1. The third-order valence-electron chi connectivity index (χ3n) is 3.51. The molecule has 0 amide bonds. The first-order chi connectivity index (χ1) is 10.0. The Morgan fingerprint density at radius 3 is 2.86 bits per heavy atom. The lowest BCUT2D eigenvalue weighted by Gasteiger charge is -2.24. The summed E-state index contributed by atoms with van der Waals surface area (Å²) in [6.07, 6.45) is 2.60. The van der Waals surface area contributed by atoms with E-state index < -0.39 is 0 Å². The summed E-state index contributed by atoms with van der Waals surface area (Å²) in [7, 11) is 5.83. The molecule has 21 heavy (non-hydrogen) atoms. The van der Waals surface area contributed by atoms with Crippen LogP contribution < -0.4 is 15.5 Å². The van der Waals surface area contributed by atoms with Crippen LogP contribution in [0, 0.1) is 0 Å². The Labute approximate surface area is 135 Å². The third-order valence-corrected chi connectivity index (χ3v) is 6.11. The molecular weight excluding hydrogens is 302 g/mol. The number of hydrogen-bond donors (Lipinski definition) is 2. The van der Waals surface area contributed by atoms with E-state index in [0.717, 1.165) is 23.3 Å². The summed E-state index contributed by atoms with van der Waals surface area (Å²) in [5.74, 6) is 2.12. The molecule has 0 spiro atoms. The van der Waals surface area contributed by atoms with Gasteiger partial charge in [-0.25, -0.2) is 4.98 Å². The Kier molecular flexibility index (Phi) is 5.75. The number of thioether (sulfide) groups is 1. The Balaban J connectivity index is 1.79. The Bertz CT molecular complexity index is 477. The van der Waals surface area contributed by atoms with E-state index in [1.165, 1.54) is 18.6 Å². The van der Waals surface area contributed by atoms with Crippen LogP contribution in [-0.4, -0.2) is 49.1 Å². The quantitative estimate of drug-likeness (QED) is 0.641. The van der Waals surface area contributed by atoms with E-state index in [-0.39, 0.29) is 0 Å². The topological polar surface area (TPSA) is 52.6 Å². The summed E-state index contributed by atoms with van der Waals surface area (Å²) in [6.45, 7) is 3.99. The van der Waals surface area contributed by atoms with Crippen LogP contribution in [0.15, 0.2) is 10.4 Å². The summed E-state index contributed by atoms with van der Waals surface area (Å²) < 4.78 is 0.344. The zero-order valence-electron chi connectivity index (χ0n) is 13.3. The van der Waals surface area contributed by atoms with Gasteiger partial charge in [-0.3, -0.25) is 4.99 Å². The van der Waals surface area contributed by atoms with E-state index >= 15 is 0 Å². The molecule has 1 unspecified atom stereocenters. The van der Waals surface area contributed by atoms with Crippen molar-refractivity contribution in [3.8, 4) is 0 Å².